The van der Waals surface area contributed by atoms with Crippen molar-refractivity contribution in [2.75, 3.05) is 0 Å². The number of carbonyl (C=O) groups excluding carboxylic acids is 1. The van der Waals surface area contributed by atoms with Crippen LogP contribution in [0.4, 0.5) is 0 Å². The molecular weight excluding hydrogens is 280 g/mol. The normalized spacial score (nSPS) is 27.6. The van der Waals surface area contributed by atoms with Crippen LogP contribution in [-0.2, 0) is 11.3 Å². The second kappa shape index (κ2) is 6.24. The number of carbonyl (C=O) groups is 1. The molecule has 4 heteroatoms. The molecule has 0 bridgehead atoms. The molecule has 2 heterocycles. The summed E-state index contributed by atoms with van der Waals surface area (Å²) in [5.41, 5.74) is 2.44. The van der Waals surface area contributed by atoms with E-state index in [4.69, 9.17) is 0 Å². The molecule has 1 aromatic carbocycles. The van der Waals surface area contributed by atoms with Crippen molar-refractivity contribution in [2.45, 2.75) is 50.2 Å². The van der Waals surface area contributed by atoms with Gasteiger partial charge in [0, 0.05) is 12.7 Å². The van der Waals surface area contributed by atoms with Crippen molar-refractivity contribution in [3.05, 3.63) is 47.0 Å². The molecule has 2 aliphatic rings. The van der Waals surface area contributed by atoms with Gasteiger partial charge in [0.05, 0.1) is 6.04 Å². The lowest BCUT2D eigenvalue weighted by atomic mass is 10.1. The number of nitrogens with zero attached hydrogens (tertiary/aromatic N) is 1. The number of rotatable bonds is 6. The van der Waals surface area contributed by atoms with Crippen LogP contribution in [0.15, 0.2) is 35.9 Å². The van der Waals surface area contributed by atoms with Crippen LogP contribution in [0.2, 0.25) is 0 Å². The summed E-state index contributed by atoms with van der Waals surface area (Å²) in [7, 11) is 0. The molecule has 0 fully saturated rings. The molecular formula is C17H22N2OS. The Morgan fingerprint density at radius 2 is 2.29 bits per heavy atom. The highest BCUT2D eigenvalue weighted by molar-refractivity contribution is 8.03. The van der Waals surface area contributed by atoms with E-state index in [0.29, 0.717) is 0 Å². The molecule has 0 spiro atoms. The van der Waals surface area contributed by atoms with Gasteiger partial charge in [0.1, 0.15) is 11.3 Å². The average Bonchev–Trinajstić information content (AvgIpc) is 3.12. The zero-order valence-electron chi connectivity index (χ0n) is 12.4. The van der Waals surface area contributed by atoms with Gasteiger partial charge in [-0.25, -0.2) is 0 Å². The van der Waals surface area contributed by atoms with E-state index in [2.05, 4.69) is 40.7 Å². The summed E-state index contributed by atoms with van der Waals surface area (Å²) < 4.78 is 0. The molecule has 112 valence electrons. The summed E-state index contributed by atoms with van der Waals surface area (Å²) in [5.74, 6) is 0. The lowest BCUT2D eigenvalue weighted by molar-refractivity contribution is -0.113. The molecule has 0 radical (unpaired) electrons. The number of hydrogen-bond acceptors (Lipinski definition) is 4. The van der Waals surface area contributed by atoms with Gasteiger partial charge in [-0.1, -0.05) is 55.8 Å². The van der Waals surface area contributed by atoms with Crippen molar-refractivity contribution >= 4 is 18.0 Å². The van der Waals surface area contributed by atoms with Crippen LogP contribution in [0, 0.1) is 0 Å². The molecule has 3 nitrogen and oxygen atoms in total. The maximum absolute atomic E-state index is 11.7. The van der Waals surface area contributed by atoms with Crippen molar-refractivity contribution in [1.82, 2.24) is 10.2 Å². The summed E-state index contributed by atoms with van der Waals surface area (Å²) in [6, 6.07) is 8.17. The maximum Gasteiger partial charge on any atom is 0.144 e. The predicted molar refractivity (Wildman–Crippen MR) is 87.5 cm³/mol. The lowest BCUT2D eigenvalue weighted by Crippen LogP contribution is -2.52. The van der Waals surface area contributed by atoms with E-state index >= 15 is 0 Å². The van der Waals surface area contributed by atoms with E-state index in [0.717, 1.165) is 24.8 Å². The first-order chi connectivity index (χ1) is 10.3. The molecule has 0 aromatic heterocycles. The quantitative estimate of drug-likeness (QED) is 0.640. The van der Waals surface area contributed by atoms with E-state index in [-0.39, 0.29) is 11.0 Å². The second-order valence-electron chi connectivity index (χ2n) is 5.71. The fourth-order valence-corrected chi connectivity index (χ4v) is 4.37. The molecule has 1 aromatic rings. The number of fused-ring (bicyclic) bond motifs is 1. The number of thioether (sulfide) groups is 1. The van der Waals surface area contributed by atoms with Crippen LogP contribution in [0.25, 0.3) is 0 Å². The number of aldehydes is 1. The number of benzene rings is 1. The summed E-state index contributed by atoms with van der Waals surface area (Å²) >= 11 is 1.80. The third-order valence-electron chi connectivity index (χ3n) is 4.40. The standard InChI is InChI=1S/C17H22N2OS/c1-2-3-6-9-17(18-10-11-21-17)19-12-14-7-4-5-8-15(14)16(19)13-20/h4-5,7-8,10-11,13,16,18H,2-3,6,9,12H2,1H3. The Kier molecular flexibility index (Phi) is 4.36. The van der Waals surface area contributed by atoms with Crippen LogP contribution in [0.5, 0.6) is 0 Å². The summed E-state index contributed by atoms with van der Waals surface area (Å²) in [6.45, 7) is 3.06. The fraction of sp³-hybridized carbons (Fsp3) is 0.471. The van der Waals surface area contributed by atoms with Gasteiger partial charge < -0.3 is 10.1 Å². The minimum atomic E-state index is -0.167. The van der Waals surface area contributed by atoms with Gasteiger partial charge in [0.15, 0.2) is 0 Å². The van der Waals surface area contributed by atoms with Crippen LogP contribution in [0.1, 0.15) is 49.8 Å². The van der Waals surface area contributed by atoms with Gasteiger partial charge in [-0.3, -0.25) is 4.90 Å². The Morgan fingerprint density at radius 3 is 3.00 bits per heavy atom. The Bertz CT molecular complexity index is 535. The van der Waals surface area contributed by atoms with E-state index in [1.165, 1.54) is 24.8 Å². The fourth-order valence-electron chi connectivity index (χ4n) is 3.30. The van der Waals surface area contributed by atoms with E-state index in [1.54, 1.807) is 11.8 Å². The Hall–Kier alpha value is -1.26. The van der Waals surface area contributed by atoms with Gasteiger partial charge in [0.2, 0.25) is 0 Å². The highest BCUT2D eigenvalue weighted by atomic mass is 32.2. The van der Waals surface area contributed by atoms with Crippen molar-refractivity contribution in [3.63, 3.8) is 0 Å². The van der Waals surface area contributed by atoms with Crippen LogP contribution < -0.4 is 5.32 Å². The first-order valence-corrected chi connectivity index (χ1v) is 8.59. The second-order valence-corrected chi connectivity index (χ2v) is 6.90. The third-order valence-corrected chi connectivity index (χ3v) is 5.62. The summed E-state index contributed by atoms with van der Waals surface area (Å²) in [6.07, 6.45) is 7.78. The van der Waals surface area contributed by atoms with Gasteiger partial charge in [-0.2, -0.15) is 0 Å². The number of nitrogens with one attached hydrogen (secondary N) is 1. The van der Waals surface area contributed by atoms with Crippen molar-refractivity contribution in [1.29, 1.82) is 0 Å². The van der Waals surface area contributed by atoms with Crippen molar-refractivity contribution in [3.8, 4) is 0 Å². The highest BCUT2D eigenvalue weighted by Crippen LogP contribution is 2.45. The van der Waals surface area contributed by atoms with E-state index < -0.39 is 0 Å². The van der Waals surface area contributed by atoms with E-state index in [1.807, 2.05) is 12.3 Å². The van der Waals surface area contributed by atoms with Gasteiger partial charge in [-0.15, -0.1) is 0 Å². The minimum Gasteiger partial charge on any atom is -0.364 e. The molecule has 2 unspecified atom stereocenters. The largest absolute Gasteiger partial charge is 0.364 e. The van der Waals surface area contributed by atoms with Crippen LogP contribution in [-0.4, -0.2) is 16.2 Å². The molecule has 0 amide bonds. The molecule has 1 N–H and O–H groups in total. The first-order valence-electron chi connectivity index (χ1n) is 7.71. The van der Waals surface area contributed by atoms with Gasteiger partial charge in [-0.05, 0) is 29.4 Å². The molecule has 21 heavy (non-hydrogen) atoms. The minimum absolute atomic E-state index is 0.136. The van der Waals surface area contributed by atoms with Crippen LogP contribution in [0.3, 0.4) is 0 Å². The summed E-state index contributed by atoms with van der Waals surface area (Å²) in [5, 5.41) is 5.63. The zero-order chi connectivity index (χ0) is 14.7. The van der Waals surface area contributed by atoms with Gasteiger partial charge >= 0.3 is 0 Å². The number of unbranched alkanes of at least 4 members (excludes halogenated alkanes) is 2. The maximum atomic E-state index is 11.7. The van der Waals surface area contributed by atoms with Crippen molar-refractivity contribution < 1.29 is 4.79 Å². The molecule has 0 saturated heterocycles. The average molecular weight is 302 g/mol. The Morgan fingerprint density at radius 1 is 1.43 bits per heavy atom. The molecule has 2 aliphatic heterocycles. The smallest absolute Gasteiger partial charge is 0.144 e. The highest BCUT2D eigenvalue weighted by Gasteiger charge is 2.45. The Labute approximate surface area is 130 Å². The Balaban J connectivity index is 1.85. The van der Waals surface area contributed by atoms with Crippen LogP contribution >= 0.6 is 11.8 Å². The predicted octanol–water partition coefficient (Wildman–Crippen LogP) is 3.78. The molecule has 2 atom stereocenters. The van der Waals surface area contributed by atoms with E-state index in [9.17, 15) is 4.79 Å². The topological polar surface area (TPSA) is 32.3 Å². The van der Waals surface area contributed by atoms with Crippen molar-refractivity contribution in [2.24, 2.45) is 0 Å². The SMILES string of the molecule is CCCCCC1(N2Cc3ccccc3C2C=O)NC=CS1. The third kappa shape index (κ3) is 2.62. The zero-order valence-corrected chi connectivity index (χ0v) is 13.2. The lowest BCUT2D eigenvalue weighted by Gasteiger charge is -2.40. The molecule has 3 rings (SSSR count). The monoisotopic (exact) mass is 302 g/mol. The number of hydrogen-bond donors (Lipinski definition) is 1. The molecule has 0 saturated carbocycles. The molecule has 0 aliphatic carbocycles. The first kappa shape index (κ1) is 14.7. The summed E-state index contributed by atoms with van der Waals surface area (Å²) in [4.78, 5) is 13.9. The van der Waals surface area contributed by atoms with Gasteiger partial charge in [0.25, 0.3) is 0 Å².